The molecule has 9 heteroatoms. The second-order valence-electron chi connectivity index (χ2n) is 7.89. The lowest BCUT2D eigenvalue weighted by Gasteiger charge is -2.15. The molecule has 8 nitrogen and oxygen atoms in total. The van der Waals surface area contributed by atoms with E-state index < -0.39 is 23.7 Å². The number of benzene rings is 3. The minimum Gasteiger partial charge on any atom is -0.465 e. The fourth-order valence-electron chi connectivity index (χ4n) is 3.65. The quantitative estimate of drug-likeness (QED) is 0.357. The summed E-state index contributed by atoms with van der Waals surface area (Å²) in [6.07, 6.45) is 0.828. The Morgan fingerprint density at radius 3 is 2.19 bits per heavy atom. The van der Waals surface area contributed by atoms with Crippen molar-refractivity contribution in [2.75, 3.05) is 22.6 Å². The van der Waals surface area contributed by atoms with E-state index in [4.69, 9.17) is 16.3 Å². The molecule has 1 aliphatic heterocycles. The zero-order valence-electron chi connectivity index (χ0n) is 19.5. The third kappa shape index (κ3) is 4.99. The molecule has 0 aliphatic carbocycles. The number of methoxy groups -OCH3 is 1. The zero-order chi connectivity index (χ0) is 25.8. The molecule has 3 aromatic carbocycles. The Hall–Kier alpha value is -4.43. The molecule has 3 aromatic rings. The first-order valence-electron chi connectivity index (χ1n) is 11.1. The summed E-state index contributed by atoms with van der Waals surface area (Å²) < 4.78 is 4.70. The number of hydrogen-bond donors (Lipinski definition) is 2. The summed E-state index contributed by atoms with van der Waals surface area (Å²) >= 11 is 6.23. The molecule has 0 radical (unpaired) electrons. The van der Waals surface area contributed by atoms with Gasteiger partial charge in [0.1, 0.15) is 10.7 Å². The van der Waals surface area contributed by atoms with E-state index in [-0.39, 0.29) is 16.3 Å². The van der Waals surface area contributed by atoms with Gasteiger partial charge in [0.2, 0.25) is 0 Å². The predicted molar refractivity (Wildman–Crippen MR) is 137 cm³/mol. The van der Waals surface area contributed by atoms with E-state index in [1.54, 1.807) is 48.5 Å². The standard InChI is InChI=1S/C27H22ClN3O5/c1-3-16-10-12-21(13-11-16)31-25(33)22(28)23(26(31)34)29-19-8-4-6-17(14-19)24(32)30-20-9-5-7-18(15-20)27(35)36-2/h4-15,29H,3H2,1-2H3,(H,30,32). The highest BCUT2D eigenvalue weighted by atomic mass is 35.5. The Bertz CT molecular complexity index is 1400. The van der Waals surface area contributed by atoms with Crippen LogP contribution in [-0.4, -0.2) is 30.8 Å². The van der Waals surface area contributed by atoms with Crippen molar-refractivity contribution in [3.63, 3.8) is 0 Å². The number of nitrogens with one attached hydrogen (secondary N) is 2. The van der Waals surface area contributed by atoms with Gasteiger partial charge in [0.25, 0.3) is 17.7 Å². The number of hydrogen-bond acceptors (Lipinski definition) is 6. The lowest BCUT2D eigenvalue weighted by Crippen LogP contribution is -2.32. The van der Waals surface area contributed by atoms with Crippen LogP contribution in [0.2, 0.25) is 0 Å². The average molecular weight is 504 g/mol. The van der Waals surface area contributed by atoms with Gasteiger partial charge in [-0.1, -0.05) is 42.8 Å². The summed E-state index contributed by atoms with van der Waals surface area (Å²) in [6, 6.07) is 19.8. The zero-order valence-corrected chi connectivity index (χ0v) is 20.3. The molecule has 2 N–H and O–H groups in total. The van der Waals surface area contributed by atoms with Crippen molar-refractivity contribution >= 4 is 52.4 Å². The summed E-state index contributed by atoms with van der Waals surface area (Å²) in [5.41, 5.74) is 2.79. The van der Waals surface area contributed by atoms with Gasteiger partial charge in [-0.3, -0.25) is 14.4 Å². The number of nitrogens with zero attached hydrogens (tertiary/aromatic N) is 1. The molecule has 0 saturated carbocycles. The molecular formula is C27H22ClN3O5. The largest absolute Gasteiger partial charge is 0.465 e. The van der Waals surface area contributed by atoms with Crippen molar-refractivity contribution in [2.45, 2.75) is 13.3 Å². The first-order chi connectivity index (χ1) is 17.3. The molecule has 0 unspecified atom stereocenters. The summed E-state index contributed by atoms with van der Waals surface area (Å²) in [6.45, 7) is 2.01. The molecule has 36 heavy (non-hydrogen) atoms. The van der Waals surface area contributed by atoms with Gasteiger partial charge >= 0.3 is 5.97 Å². The highest BCUT2D eigenvalue weighted by Crippen LogP contribution is 2.30. The molecule has 0 aromatic heterocycles. The van der Waals surface area contributed by atoms with Crippen LogP contribution in [0.3, 0.4) is 0 Å². The normalized spacial score (nSPS) is 13.1. The number of ether oxygens (including phenoxy) is 1. The van der Waals surface area contributed by atoms with Crippen LogP contribution in [0.5, 0.6) is 0 Å². The second kappa shape index (κ2) is 10.5. The van der Waals surface area contributed by atoms with E-state index in [1.807, 2.05) is 19.1 Å². The van der Waals surface area contributed by atoms with E-state index in [0.717, 1.165) is 16.9 Å². The van der Waals surface area contributed by atoms with Gasteiger partial charge in [-0.25, -0.2) is 9.69 Å². The monoisotopic (exact) mass is 503 g/mol. The van der Waals surface area contributed by atoms with Gasteiger partial charge in [-0.05, 0) is 60.5 Å². The number of carbonyl (C=O) groups is 4. The smallest absolute Gasteiger partial charge is 0.337 e. The predicted octanol–water partition coefficient (Wildman–Crippen LogP) is 4.72. The number of aryl methyl sites for hydroxylation is 1. The van der Waals surface area contributed by atoms with Crippen LogP contribution < -0.4 is 15.5 Å². The van der Waals surface area contributed by atoms with Gasteiger partial charge < -0.3 is 15.4 Å². The summed E-state index contributed by atoms with van der Waals surface area (Å²) in [7, 11) is 1.28. The fraction of sp³-hybridized carbons (Fsp3) is 0.111. The molecule has 0 spiro atoms. The van der Waals surface area contributed by atoms with E-state index in [0.29, 0.717) is 22.6 Å². The Morgan fingerprint density at radius 2 is 1.53 bits per heavy atom. The Balaban J connectivity index is 1.51. The molecular weight excluding hydrogens is 482 g/mol. The number of carbonyl (C=O) groups excluding carboxylic acids is 4. The Morgan fingerprint density at radius 1 is 0.889 bits per heavy atom. The Labute approximate surface area is 212 Å². The fourth-order valence-corrected chi connectivity index (χ4v) is 3.87. The van der Waals surface area contributed by atoms with Gasteiger partial charge in [0.15, 0.2) is 0 Å². The molecule has 0 fully saturated rings. The lowest BCUT2D eigenvalue weighted by molar-refractivity contribution is -0.120. The van der Waals surface area contributed by atoms with Crippen LogP contribution in [0.1, 0.15) is 33.2 Å². The van der Waals surface area contributed by atoms with E-state index in [1.165, 1.54) is 19.2 Å². The van der Waals surface area contributed by atoms with E-state index in [2.05, 4.69) is 10.6 Å². The van der Waals surface area contributed by atoms with Crippen LogP contribution in [0.25, 0.3) is 0 Å². The van der Waals surface area contributed by atoms with E-state index in [9.17, 15) is 19.2 Å². The molecule has 182 valence electrons. The molecule has 4 rings (SSSR count). The lowest BCUT2D eigenvalue weighted by atomic mass is 10.1. The minimum atomic E-state index is -0.632. The van der Waals surface area contributed by atoms with Gasteiger partial charge in [-0.15, -0.1) is 0 Å². The first kappa shape index (κ1) is 24.7. The van der Waals surface area contributed by atoms with Crippen molar-refractivity contribution in [2.24, 2.45) is 0 Å². The van der Waals surface area contributed by atoms with Crippen LogP contribution in [-0.2, 0) is 20.7 Å². The van der Waals surface area contributed by atoms with Crippen LogP contribution in [0.4, 0.5) is 17.1 Å². The maximum absolute atomic E-state index is 13.0. The number of anilines is 3. The third-order valence-corrected chi connectivity index (χ3v) is 5.92. The molecule has 0 saturated heterocycles. The maximum atomic E-state index is 13.0. The van der Waals surface area contributed by atoms with Crippen LogP contribution in [0, 0.1) is 0 Å². The number of rotatable bonds is 7. The summed E-state index contributed by atoms with van der Waals surface area (Å²) in [4.78, 5) is 51.3. The van der Waals surface area contributed by atoms with Crippen molar-refractivity contribution in [1.29, 1.82) is 0 Å². The summed E-state index contributed by atoms with van der Waals surface area (Å²) in [5, 5.41) is 5.36. The molecule has 3 amide bonds. The van der Waals surface area contributed by atoms with Crippen molar-refractivity contribution in [3.8, 4) is 0 Å². The molecule has 0 atom stereocenters. The molecule has 0 bridgehead atoms. The minimum absolute atomic E-state index is 0.0791. The molecule has 1 heterocycles. The topological polar surface area (TPSA) is 105 Å². The van der Waals surface area contributed by atoms with Gasteiger partial charge in [0, 0.05) is 16.9 Å². The second-order valence-corrected chi connectivity index (χ2v) is 8.26. The summed E-state index contributed by atoms with van der Waals surface area (Å²) in [5.74, 6) is -2.18. The van der Waals surface area contributed by atoms with Gasteiger partial charge in [-0.2, -0.15) is 0 Å². The van der Waals surface area contributed by atoms with E-state index >= 15 is 0 Å². The Kier molecular flexibility index (Phi) is 7.17. The highest BCUT2D eigenvalue weighted by Gasteiger charge is 2.39. The number of esters is 1. The molecule has 1 aliphatic rings. The van der Waals surface area contributed by atoms with Crippen molar-refractivity contribution in [3.05, 3.63) is 100 Å². The van der Waals surface area contributed by atoms with Crippen molar-refractivity contribution < 1.29 is 23.9 Å². The highest BCUT2D eigenvalue weighted by molar-refractivity contribution is 6.53. The average Bonchev–Trinajstić information content (AvgIpc) is 3.11. The third-order valence-electron chi connectivity index (χ3n) is 5.57. The number of halogens is 1. The number of imide groups is 1. The maximum Gasteiger partial charge on any atom is 0.337 e. The SMILES string of the molecule is CCc1ccc(N2C(=O)C(Cl)=C(Nc3cccc(C(=O)Nc4cccc(C(=O)OC)c4)c3)C2=O)cc1. The van der Waals surface area contributed by atoms with Crippen LogP contribution >= 0.6 is 11.6 Å². The van der Waals surface area contributed by atoms with Gasteiger partial charge in [0.05, 0.1) is 18.4 Å². The first-order valence-corrected chi connectivity index (χ1v) is 11.4. The van der Waals surface area contributed by atoms with Crippen LogP contribution in [0.15, 0.2) is 83.5 Å². The number of amides is 3. The van der Waals surface area contributed by atoms with Crippen molar-refractivity contribution in [1.82, 2.24) is 0 Å².